The molecule has 0 aliphatic heterocycles. The van der Waals surface area contributed by atoms with Crippen molar-refractivity contribution in [1.29, 1.82) is 0 Å². The third kappa shape index (κ3) is 6.41. The Labute approximate surface area is 245 Å². The standard InChI is InChI=1S/C33H34N6O3/c1-23-9-11-24(12-10-23)21-38(31(40)22-39-30-8-6-5-7-29(30)35-36-39)32(25-13-19-28(42-4)20-14-25)33(41)34-26-15-17-27(18-16-26)37(2)3/h5-20,32H,21-22H2,1-4H3,(H,34,41). The fourth-order valence-corrected chi connectivity index (χ4v) is 4.78. The minimum atomic E-state index is -0.937. The SMILES string of the molecule is COc1ccc(C(C(=O)Nc2ccc(N(C)C)cc2)N(Cc2ccc(C)cc2)C(=O)Cn2nnc3ccccc32)cc1. The van der Waals surface area contributed by atoms with E-state index in [1.54, 1.807) is 28.8 Å². The minimum absolute atomic E-state index is 0.0795. The number of amides is 2. The molecule has 9 heteroatoms. The van der Waals surface area contributed by atoms with E-state index in [9.17, 15) is 9.59 Å². The number of hydrogen-bond acceptors (Lipinski definition) is 6. The van der Waals surface area contributed by atoms with Crippen LogP contribution in [0.15, 0.2) is 97.1 Å². The van der Waals surface area contributed by atoms with Gasteiger partial charge in [0.2, 0.25) is 5.91 Å². The van der Waals surface area contributed by atoms with E-state index in [1.165, 1.54) is 0 Å². The smallest absolute Gasteiger partial charge is 0.251 e. The topological polar surface area (TPSA) is 92.6 Å². The molecule has 1 N–H and O–H groups in total. The van der Waals surface area contributed by atoms with Gasteiger partial charge in [-0.1, -0.05) is 59.3 Å². The van der Waals surface area contributed by atoms with Crippen LogP contribution < -0.4 is 15.0 Å². The van der Waals surface area contributed by atoms with Crippen LogP contribution in [0.5, 0.6) is 5.75 Å². The van der Waals surface area contributed by atoms with Crippen molar-refractivity contribution >= 4 is 34.2 Å². The molecule has 0 saturated heterocycles. The first-order valence-corrected chi connectivity index (χ1v) is 13.7. The molecule has 0 aliphatic carbocycles. The number of fused-ring (bicyclic) bond motifs is 1. The van der Waals surface area contributed by atoms with E-state index in [0.717, 1.165) is 22.3 Å². The van der Waals surface area contributed by atoms with Crippen LogP contribution in [-0.2, 0) is 22.7 Å². The molecule has 1 heterocycles. The van der Waals surface area contributed by atoms with Gasteiger partial charge in [-0.15, -0.1) is 5.10 Å². The van der Waals surface area contributed by atoms with Gasteiger partial charge in [0.15, 0.2) is 0 Å². The number of para-hydroxylation sites is 1. The molecule has 1 atom stereocenters. The Hall–Kier alpha value is -5.18. The third-order valence-electron chi connectivity index (χ3n) is 7.14. The first-order chi connectivity index (χ1) is 20.3. The Morgan fingerprint density at radius 3 is 2.26 bits per heavy atom. The lowest BCUT2D eigenvalue weighted by Gasteiger charge is -2.32. The highest BCUT2D eigenvalue weighted by molar-refractivity contribution is 5.98. The summed E-state index contributed by atoms with van der Waals surface area (Å²) in [4.78, 5) is 31.9. The van der Waals surface area contributed by atoms with Crippen molar-refractivity contribution < 1.29 is 14.3 Å². The molecule has 0 bridgehead atoms. The molecule has 1 unspecified atom stereocenters. The van der Waals surface area contributed by atoms with Crippen molar-refractivity contribution in [3.8, 4) is 5.75 Å². The highest BCUT2D eigenvalue weighted by Gasteiger charge is 2.32. The second-order valence-electron chi connectivity index (χ2n) is 10.3. The molecule has 0 saturated carbocycles. The molecule has 0 aliphatic rings. The first kappa shape index (κ1) is 28.4. The Kier molecular flexibility index (Phi) is 8.47. The summed E-state index contributed by atoms with van der Waals surface area (Å²) in [6.07, 6.45) is 0. The highest BCUT2D eigenvalue weighted by atomic mass is 16.5. The summed E-state index contributed by atoms with van der Waals surface area (Å²) in [5.41, 5.74) is 5.75. The maximum absolute atomic E-state index is 14.2. The van der Waals surface area contributed by atoms with Crippen molar-refractivity contribution in [2.24, 2.45) is 0 Å². The van der Waals surface area contributed by atoms with Crippen LogP contribution in [0.3, 0.4) is 0 Å². The number of ether oxygens (including phenoxy) is 1. The number of carbonyl (C=O) groups excluding carboxylic acids is 2. The number of anilines is 2. The van der Waals surface area contributed by atoms with E-state index < -0.39 is 6.04 Å². The number of nitrogens with zero attached hydrogens (tertiary/aromatic N) is 5. The van der Waals surface area contributed by atoms with Gasteiger partial charge >= 0.3 is 0 Å². The molecule has 1 aromatic heterocycles. The summed E-state index contributed by atoms with van der Waals surface area (Å²) in [5, 5.41) is 11.5. The lowest BCUT2D eigenvalue weighted by Crippen LogP contribution is -2.42. The maximum Gasteiger partial charge on any atom is 0.251 e. The van der Waals surface area contributed by atoms with Gasteiger partial charge < -0.3 is 19.9 Å². The average molecular weight is 563 g/mol. The predicted octanol–water partition coefficient (Wildman–Crippen LogP) is 5.22. The fourth-order valence-electron chi connectivity index (χ4n) is 4.78. The zero-order valence-electron chi connectivity index (χ0n) is 24.2. The van der Waals surface area contributed by atoms with E-state index >= 15 is 0 Å². The molecule has 214 valence electrons. The summed E-state index contributed by atoms with van der Waals surface area (Å²) in [6.45, 7) is 2.15. The predicted molar refractivity (Wildman–Crippen MR) is 164 cm³/mol. The Morgan fingerprint density at radius 2 is 1.60 bits per heavy atom. The van der Waals surface area contributed by atoms with Gasteiger partial charge in [-0.2, -0.15) is 0 Å². The zero-order valence-corrected chi connectivity index (χ0v) is 24.2. The second-order valence-corrected chi connectivity index (χ2v) is 10.3. The van der Waals surface area contributed by atoms with Crippen LogP contribution in [0.4, 0.5) is 11.4 Å². The number of hydrogen-bond donors (Lipinski definition) is 1. The number of aromatic nitrogens is 3. The van der Waals surface area contributed by atoms with Crippen LogP contribution in [0.25, 0.3) is 11.0 Å². The van der Waals surface area contributed by atoms with Crippen LogP contribution in [0.2, 0.25) is 0 Å². The van der Waals surface area contributed by atoms with Crippen molar-refractivity contribution in [3.63, 3.8) is 0 Å². The summed E-state index contributed by atoms with van der Waals surface area (Å²) in [6, 6.07) is 29.3. The van der Waals surface area contributed by atoms with Crippen LogP contribution >= 0.6 is 0 Å². The largest absolute Gasteiger partial charge is 0.497 e. The molecular weight excluding hydrogens is 528 g/mol. The first-order valence-electron chi connectivity index (χ1n) is 13.7. The summed E-state index contributed by atoms with van der Waals surface area (Å²) in [7, 11) is 5.51. The van der Waals surface area contributed by atoms with Crippen molar-refractivity contribution in [2.75, 3.05) is 31.4 Å². The number of aryl methyl sites for hydroxylation is 1. The second kappa shape index (κ2) is 12.6. The maximum atomic E-state index is 14.2. The molecule has 4 aromatic carbocycles. The Balaban J connectivity index is 1.54. The summed E-state index contributed by atoms with van der Waals surface area (Å²) in [5.74, 6) is 0.0505. The summed E-state index contributed by atoms with van der Waals surface area (Å²) >= 11 is 0. The zero-order chi connectivity index (χ0) is 29.6. The highest BCUT2D eigenvalue weighted by Crippen LogP contribution is 2.28. The normalized spacial score (nSPS) is 11.6. The molecule has 5 rings (SSSR count). The molecule has 0 spiro atoms. The number of methoxy groups -OCH3 is 1. The van der Waals surface area contributed by atoms with E-state index in [1.807, 2.05) is 111 Å². The Morgan fingerprint density at radius 1 is 0.905 bits per heavy atom. The minimum Gasteiger partial charge on any atom is -0.497 e. The number of benzene rings is 4. The average Bonchev–Trinajstić information content (AvgIpc) is 3.41. The molecule has 0 radical (unpaired) electrons. The van der Waals surface area contributed by atoms with Crippen LogP contribution in [0, 0.1) is 6.92 Å². The van der Waals surface area contributed by atoms with Crippen molar-refractivity contribution in [2.45, 2.75) is 26.1 Å². The molecular formula is C33H34N6O3. The van der Waals surface area contributed by atoms with E-state index in [2.05, 4.69) is 15.6 Å². The number of nitrogens with one attached hydrogen (secondary N) is 1. The van der Waals surface area contributed by atoms with E-state index in [4.69, 9.17) is 4.74 Å². The van der Waals surface area contributed by atoms with Gasteiger partial charge in [0.05, 0.1) is 12.6 Å². The summed E-state index contributed by atoms with van der Waals surface area (Å²) < 4.78 is 6.93. The fraction of sp³-hybridized carbons (Fsp3) is 0.212. The monoisotopic (exact) mass is 562 g/mol. The molecule has 42 heavy (non-hydrogen) atoms. The van der Waals surface area contributed by atoms with Gasteiger partial charge in [0.25, 0.3) is 5.91 Å². The van der Waals surface area contributed by atoms with E-state index in [-0.39, 0.29) is 24.9 Å². The van der Waals surface area contributed by atoms with Gasteiger partial charge in [-0.25, -0.2) is 4.68 Å². The molecule has 2 amide bonds. The lowest BCUT2D eigenvalue weighted by molar-refractivity contribution is -0.140. The van der Waals surface area contributed by atoms with Gasteiger partial charge in [0.1, 0.15) is 23.9 Å². The van der Waals surface area contributed by atoms with Gasteiger partial charge in [-0.05, 0) is 66.6 Å². The van der Waals surface area contributed by atoms with Crippen molar-refractivity contribution in [1.82, 2.24) is 19.9 Å². The van der Waals surface area contributed by atoms with Crippen molar-refractivity contribution in [3.05, 3.63) is 114 Å². The van der Waals surface area contributed by atoms with Gasteiger partial charge in [0, 0.05) is 32.0 Å². The van der Waals surface area contributed by atoms with Crippen LogP contribution in [0.1, 0.15) is 22.7 Å². The quantitative estimate of drug-likeness (QED) is 0.251. The molecule has 5 aromatic rings. The molecule has 9 nitrogen and oxygen atoms in total. The number of rotatable bonds is 10. The van der Waals surface area contributed by atoms with Gasteiger partial charge in [-0.3, -0.25) is 9.59 Å². The van der Waals surface area contributed by atoms with E-state index in [0.29, 0.717) is 22.5 Å². The third-order valence-corrected chi connectivity index (χ3v) is 7.14. The Bertz CT molecular complexity index is 1660. The number of carbonyl (C=O) groups is 2. The lowest BCUT2D eigenvalue weighted by atomic mass is 10.0. The molecule has 0 fully saturated rings. The van der Waals surface area contributed by atoms with Crippen LogP contribution in [-0.4, -0.2) is 52.9 Å².